The van der Waals surface area contributed by atoms with E-state index >= 15 is 0 Å². The van der Waals surface area contributed by atoms with Crippen molar-refractivity contribution in [1.82, 2.24) is 24.5 Å². The van der Waals surface area contributed by atoms with Gasteiger partial charge in [0, 0.05) is 60.6 Å². The second-order valence-corrected chi connectivity index (χ2v) is 23.3. The summed E-state index contributed by atoms with van der Waals surface area (Å²) in [5, 5.41) is 5.30. The summed E-state index contributed by atoms with van der Waals surface area (Å²) in [6, 6.07) is 82.6. The summed E-state index contributed by atoms with van der Waals surface area (Å²) >= 11 is 0. The molecule has 384 valence electrons. The monoisotopic (exact) mass is 1040 g/mol. The number of nitrogens with zero attached hydrogens (tertiary/aromatic N) is 6. The lowest BCUT2D eigenvalue weighted by atomic mass is 9.75. The third-order valence-corrected chi connectivity index (χ3v) is 18.2. The maximum absolute atomic E-state index is 7.01. The van der Waals surface area contributed by atoms with Gasteiger partial charge in [0.05, 0.1) is 39.7 Å². The number of rotatable bonds is 6. The molecule has 0 bridgehead atoms. The van der Waals surface area contributed by atoms with E-state index in [0.717, 1.165) is 105 Å². The van der Waals surface area contributed by atoms with Crippen LogP contribution >= 0.6 is 0 Å². The van der Waals surface area contributed by atoms with Crippen molar-refractivity contribution in [2.75, 3.05) is 4.90 Å². The van der Waals surface area contributed by atoms with E-state index < -0.39 is 0 Å². The summed E-state index contributed by atoms with van der Waals surface area (Å²) in [5.74, 6) is 1.60. The topological polar surface area (TPSA) is 72.9 Å². The Morgan fingerprint density at radius 2 is 0.975 bits per heavy atom. The average Bonchev–Trinajstić information content (AvgIpc) is 2.92. The normalized spacial score (nSPS) is 16.3. The van der Waals surface area contributed by atoms with Crippen molar-refractivity contribution in [3.05, 3.63) is 258 Å². The minimum atomic E-state index is -0.349. The highest BCUT2D eigenvalue weighted by molar-refractivity contribution is 6.22. The van der Waals surface area contributed by atoms with E-state index in [2.05, 4.69) is 268 Å². The maximum Gasteiger partial charge on any atom is 0.235 e. The van der Waals surface area contributed by atoms with Gasteiger partial charge in [-0.2, -0.15) is 0 Å². The fraction of sp³-hybridized carbons (Fsp3) is 0.108. The largest absolute Gasteiger partial charge is 0.456 e. The SMILES string of the molecule is CC1(C)c2ccccc2-c2c1c1c3c(ccc1n2-c1nc(-c2ccccc2)c2cc(-c4ccccc4)ccc2n1)oc1cc(-c2ccc4nc(N5c6ccccc6C6C5c5ccccc5C6(C)C)nc(-c5ccccc5)c4c2)ccc13. The fourth-order valence-corrected chi connectivity index (χ4v) is 14.6. The highest BCUT2D eigenvalue weighted by Crippen LogP contribution is 2.64. The Morgan fingerprint density at radius 1 is 0.420 bits per heavy atom. The van der Waals surface area contributed by atoms with Crippen LogP contribution in [0, 0.1) is 0 Å². The van der Waals surface area contributed by atoms with Crippen LogP contribution in [0.25, 0.3) is 117 Å². The van der Waals surface area contributed by atoms with Crippen LogP contribution in [-0.2, 0) is 10.8 Å². The van der Waals surface area contributed by atoms with Crippen molar-refractivity contribution in [3.8, 4) is 62.0 Å². The predicted octanol–water partition coefficient (Wildman–Crippen LogP) is 18.7. The molecular weight excluding hydrogens is 989 g/mol. The minimum absolute atomic E-state index is 0.0698. The van der Waals surface area contributed by atoms with Crippen LogP contribution in [0.1, 0.15) is 67.5 Å². The molecule has 0 amide bonds. The standard InChI is InChI=1S/C74H52N6O/c1-73(2)55-29-17-14-26-49(55)69-65(73)51-28-16-19-31-59(51)79(69)71-75-58-37-34-47(41-54(58)68(77-71)45-24-12-7-13-25-45)48-32-35-52-62(42-48)81-61-39-38-60-64(63(52)61)66-70(50-27-15-18-30-56(50)74(66,3)4)80(60)72-76-57-36-33-46(43-20-8-5-9-21-43)40-53(57)67(78-72)44-22-10-6-11-23-44/h5-42,65,69H,1-4H3. The third kappa shape index (κ3) is 6.51. The van der Waals surface area contributed by atoms with Gasteiger partial charge >= 0.3 is 0 Å². The Bertz CT molecular complexity index is 4960. The van der Waals surface area contributed by atoms with E-state index in [1.807, 2.05) is 0 Å². The highest BCUT2D eigenvalue weighted by atomic mass is 16.3. The van der Waals surface area contributed by atoms with Crippen LogP contribution in [0.5, 0.6) is 0 Å². The molecule has 2 aliphatic carbocycles. The zero-order chi connectivity index (χ0) is 53.9. The van der Waals surface area contributed by atoms with Gasteiger partial charge in [0.15, 0.2) is 0 Å². The molecule has 0 fully saturated rings. The van der Waals surface area contributed by atoms with Crippen molar-refractivity contribution in [1.29, 1.82) is 0 Å². The van der Waals surface area contributed by atoms with Gasteiger partial charge in [-0.25, -0.2) is 19.9 Å². The summed E-state index contributed by atoms with van der Waals surface area (Å²) in [4.78, 5) is 24.6. The first-order valence-corrected chi connectivity index (χ1v) is 28.1. The molecule has 3 aliphatic rings. The van der Waals surface area contributed by atoms with Gasteiger partial charge in [-0.15, -0.1) is 0 Å². The summed E-state index contributed by atoms with van der Waals surface area (Å²) in [7, 11) is 0. The molecule has 7 nitrogen and oxygen atoms in total. The zero-order valence-electron chi connectivity index (χ0n) is 45.2. The van der Waals surface area contributed by atoms with Crippen molar-refractivity contribution in [2.45, 2.75) is 50.5 Å². The van der Waals surface area contributed by atoms with Crippen molar-refractivity contribution >= 4 is 66.3 Å². The summed E-state index contributed by atoms with van der Waals surface area (Å²) in [5.41, 5.74) is 22.4. The number of hydrogen-bond donors (Lipinski definition) is 0. The average molecular weight is 1040 g/mol. The molecule has 4 aromatic heterocycles. The molecule has 2 unspecified atom stereocenters. The molecule has 0 N–H and O–H groups in total. The van der Waals surface area contributed by atoms with E-state index in [4.69, 9.17) is 24.4 Å². The van der Waals surface area contributed by atoms with E-state index in [0.29, 0.717) is 11.9 Å². The number of aromatic nitrogens is 5. The van der Waals surface area contributed by atoms with Gasteiger partial charge in [-0.05, 0) is 110 Å². The molecule has 2 atom stereocenters. The number of para-hydroxylation sites is 1. The Balaban J connectivity index is 0.836. The Labute approximate surface area is 468 Å². The predicted molar refractivity (Wildman–Crippen MR) is 330 cm³/mol. The number of benzene rings is 10. The molecule has 7 heteroatoms. The van der Waals surface area contributed by atoms with Crippen molar-refractivity contribution in [3.63, 3.8) is 0 Å². The zero-order valence-corrected chi connectivity index (χ0v) is 45.2. The van der Waals surface area contributed by atoms with E-state index in [-0.39, 0.29) is 22.8 Å². The molecule has 0 saturated carbocycles. The van der Waals surface area contributed by atoms with E-state index in [9.17, 15) is 0 Å². The van der Waals surface area contributed by atoms with Crippen LogP contribution in [0.4, 0.5) is 11.6 Å². The fourth-order valence-electron chi connectivity index (χ4n) is 14.6. The van der Waals surface area contributed by atoms with Crippen LogP contribution in [0.15, 0.2) is 235 Å². The first kappa shape index (κ1) is 46.0. The molecule has 81 heavy (non-hydrogen) atoms. The molecular formula is C74H52N6O. The van der Waals surface area contributed by atoms with E-state index in [1.165, 1.54) is 39.1 Å². The van der Waals surface area contributed by atoms with Gasteiger partial charge < -0.3 is 9.32 Å². The molecule has 0 saturated heterocycles. The Morgan fingerprint density at radius 3 is 1.68 bits per heavy atom. The minimum Gasteiger partial charge on any atom is -0.456 e. The lowest BCUT2D eigenvalue weighted by Gasteiger charge is -2.29. The van der Waals surface area contributed by atoms with Crippen LogP contribution in [0.3, 0.4) is 0 Å². The van der Waals surface area contributed by atoms with Crippen molar-refractivity contribution < 1.29 is 4.42 Å². The molecule has 0 spiro atoms. The summed E-state index contributed by atoms with van der Waals surface area (Å²) < 4.78 is 9.33. The smallest absolute Gasteiger partial charge is 0.235 e. The molecule has 17 rings (SSSR count). The summed E-state index contributed by atoms with van der Waals surface area (Å²) in [6.45, 7) is 9.50. The third-order valence-electron chi connectivity index (χ3n) is 18.2. The van der Waals surface area contributed by atoms with Crippen molar-refractivity contribution in [2.24, 2.45) is 0 Å². The second kappa shape index (κ2) is 16.8. The maximum atomic E-state index is 7.01. The highest BCUT2D eigenvalue weighted by Gasteiger charge is 2.55. The van der Waals surface area contributed by atoms with E-state index in [1.54, 1.807) is 0 Å². The Kier molecular flexibility index (Phi) is 9.52. The van der Waals surface area contributed by atoms with Crippen LogP contribution in [0.2, 0.25) is 0 Å². The van der Waals surface area contributed by atoms with Gasteiger partial charge in [0.2, 0.25) is 11.9 Å². The van der Waals surface area contributed by atoms with Gasteiger partial charge in [0.1, 0.15) is 11.2 Å². The quantitative estimate of drug-likeness (QED) is 0.165. The van der Waals surface area contributed by atoms with Gasteiger partial charge in [0.25, 0.3) is 0 Å². The van der Waals surface area contributed by atoms with Gasteiger partial charge in [-0.3, -0.25) is 4.57 Å². The summed E-state index contributed by atoms with van der Waals surface area (Å²) in [6.07, 6.45) is 0. The van der Waals surface area contributed by atoms with Gasteiger partial charge in [-0.1, -0.05) is 204 Å². The molecule has 10 aromatic carbocycles. The molecule has 1 aliphatic heterocycles. The Hall–Kier alpha value is -9.98. The van der Waals surface area contributed by atoms with Crippen LogP contribution in [-0.4, -0.2) is 24.5 Å². The molecule has 14 aromatic rings. The number of furan rings is 1. The number of anilines is 2. The lowest BCUT2D eigenvalue weighted by molar-refractivity contribution is 0.419. The second-order valence-electron chi connectivity index (χ2n) is 23.3. The lowest BCUT2D eigenvalue weighted by Crippen LogP contribution is -2.26. The number of fused-ring (bicyclic) bond motifs is 16. The van der Waals surface area contributed by atoms with Crippen LogP contribution < -0.4 is 4.90 Å². The molecule has 5 heterocycles. The number of hydrogen-bond acceptors (Lipinski definition) is 6. The first-order valence-electron chi connectivity index (χ1n) is 28.1. The molecule has 0 radical (unpaired) electrons. The first-order chi connectivity index (χ1) is 39.7.